The van der Waals surface area contributed by atoms with E-state index in [0.717, 1.165) is 11.3 Å². The summed E-state index contributed by atoms with van der Waals surface area (Å²) in [5, 5.41) is 4.65. The summed E-state index contributed by atoms with van der Waals surface area (Å²) in [6, 6.07) is 6.87. The number of halogens is 4. The first kappa shape index (κ1) is 25.4. The Morgan fingerprint density at radius 2 is 1.77 bits per heavy atom. The molecule has 6 nitrogen and oxygen atoms in total. The van der Waals surface area contributed by atoms with Gasteiger partial charge in [-0.3, -0.25) is 0 Å². The minimum atomic E-state index is 0.121. The lowest BCUT2D eigenvalue weighted by Crippen LogP contribution is -2.07. The molecule has 0 aliphatic carbocycles. The molecule has 0 radical (unpaired) electrons. The third kappa shape index (κ3) is 9.03. The summed E-state index contributed by atoms with van der Waals surface area (Å²) in [6.07, 6.45) is 3.80. The molecule has 0 bridgehead atoms. The highest BCUT2D eigenvalue weighted by Crippen LogP contribution is 2.37. The fraction of sp³-hybridized carbons (Fsp3) is 0.333. The molecule has 0 spiro atoms. The molecule has 31 heavy (non-hydrogen) atoms. The minimum absolute atomic E-state index is 0.121. The van der Waals surface area contributed by atoms with Crippen LogP contribution in [0.4, 0.5) is 0 Å². The molecule has 1 heterocycles. The van der Waals surface area contributed by atoms with Crippen molar-refractivity contribution in [3.63, 3.8) is 0 Å². The number of oxime groups is 1. The maximum Gasteiger partial charge on any atom is 0.213 e. The van der Waals surface area contributed by atoms with Crippen LogP contribution >= 0.6 is 46.4 Å². The van der Waals surface area contributed by atoms with Gasteiger partial charge in [0.25, 0.3) is 0 Å². The Morgan fingerprint density at radius 1 is 1.06 bits per heavy atom. The number of pyridine rings is 1. The second kappa shape index (κ2) is 13.5. The molecule has 0 amide bonds. The monoisotopic (exact) mass is 506 g/mol. The third-order valence-corrected chi connectivity index (χ3v) is 4.60. The van der Waals surface area contributed by atoms with E-state index in [1.165, 1.54) is 6.08 Å². The van der Waals surface area contributed by atoms with Crippen molar-refractivity contribution in [2.24, 2.45) is 5.16 Å². The molecule has 168 valence electrons. The Labute approximate surface area is 201 Å². The van der Waals surface area contributed by atoms with Crippen molar-refractivity contribution in [2.45, 2.75) is 20.3 Å². The van der Waals surface area contributed by atoms with Crippen LogP contribution in [0.15, 0.2) is 46.2 Å². The number of rotatable bonds is 12. The Kier molecular flexibility index (Phi) is 11.1. The van der Waals surface area contributed by atoms with E-state index in [9.17, 15) is 0 Å². The lowest BCUT2D eigenvalue weighted by atomic mass is 10.2. The molecule has 0 atom stereocenters. The minimum Gasteiger partial charge on any atom is -0.490 e. The first-order valence-corrected chi connectivity index (χ1v) is 10.9. The fourth-order valence-corrected chi connectivity index (χ4v) is 2.96. The van der Waals surface area contributed by atoms with Gasteiger partial charge in [0.05, 0.1) is 29.0 Å². The van der Waals surface area contributed by atoms with Gasteiger partial charge < -0.3 is 19.0 Å². The van der Waals surface area contributed by atoms with Crippen molar-refractivity contribution in [2.75, 3.05) is 26.4 Å². The number of hydrogen-bond donors (Lipinski definition) is 0. The van der Waals surface area contributed by atoms with Crippen LogP contribution in [0.5, 0.6) is 17.4 Å². The molecule has 0 aliphatic rings. The van der Waals surface area contributed by atoms with Crippen LogP contribution < -0.4 is 14.2 Å². The van der Waals surface area contributed by atoms with Gasteiger partial charge in [0.1, 0.15) is 23.5 Å². The molecule has 2 aromatic rings. The molecule has 1 aromatic heterocycles. The van der Waals surface area contributed by atoms with Crippen LogP contribution in [0, 0.1) is 0 Å². The van der Waals surface area contributed by atoms with Gasteiger partial charge in [0.2, 0.25) is 5.88 Å². The van der Waals surface area contributed by atoms with Crippen molar-refractivity contribution in [1.82, 2.24) is 4.98 Å². The van der Waals surface area contributed by atoms with Crippen molar-refractivity contribution >= 4 is 52.1 Å². The fourth-order valence-electron chi connectivity index (χ4n) is 2.26. The number of benzene rings is 1. The van der Waals surface area contributed by atoms with E-state index in [-0.39, 0.29) is 11.1 Å². The third-order valence-electron chi connectivity index (χ3n) is 3.73. The molecule has 2 rings (SSSR count). The Morgan fingerprint density at radius 3 is 2.39 bits per heavy atom. The number of nitrogens with zero attached hydrogens (tertiary/aromatic N) is 2. The Bertz CT molecular complexity index is 878. The molecule has 0 unspecified atom stereocenters. The summed E-state index contributed by atoms with van der Waals surface area (Å²) in [5.74, 6) is 1.37. The molecule has 0 fully saturated rings. The van der Waals surface area contributed by atoms with Crippen molar-refractivity contribution < 1.29 is 19.0 Å². The van der Waals surface area contributed by atoms with Crippen LogP contribution in [0.2, 0.25) is 10.0 Å². The predicted octanol–water partition coefficient (Wildman–Crippen LogP) is 6.69. The molecule has 0 saturated heterocycles. The Balaban J connectivity index is 1.78. The second-order valence-electron chi connectivity index (χ2n) is 6.05. The van der Waals surface area contributed by atoms with Gasteiger partial charge in [-0.05, 0) is 26.0 Å². The summed E-state index contributed by atoms with van der Waals surface area (Å²) in [5.41, 5.74) is 1.61. The summed E-state index contributed by atoms with van der Waals surface area (Å²) >= 11 is 23.6. The SMILES string of the molecule is CCO/N=C(/C)c1ccc(OCCCOc2c(Cl)cc(OCC=C(Cl)Cl)cc2Cl)nc1. The van der Waals surface area contributed by atoms with Gasteiger partial charge in [0.15, 0.2) is 5.75 Å². The Hall–Kier alpha value is -1.86. The lowest BCUT2D eigenvalue weighted by molar-refractivity contribution is 0.159. The maximum absolute atomic E-state index is 6.24. The van der Waals surface area contributed by atoms with Crippen LogP contribution in [-0.4, -0.2) is 37.1 Å². The average Bonchev–Trinajstić information content (AvgIpc) is 2.73. The van der Waals surface area contributed by atoms with Gasteiger partial charge in [0, 0.05) is 36.4 Å². The smallest absolute Gasteiger partial charge is 0.213 e. The van der Waals surface area contributed by atoms with Crippen molar-refractivity contribution in [3.8, 4) is 17.4 Å². The summed E-state index contributed by atoms with van der Waals surface area (Å²) in [6.45, 7) is 5.22. The number of ether oxygens (including phenoxy) is 3. The topological polar surface area (TPSA) is 62.2 Å². The van der Waals surface area contributed by atoms with Gasteiger partial charge >= 0.3 is 0 Å². The largest absolute Gasteiger partial charge is 0.490 e. The van der Waals surface area contributed by atoms with E-state index in [1.54, 1.807) is 24.4 Å². The molecule has 0 saturated carbocycles. The van der Waals surface area contributed by atoms with Gasteiger partial charge in [-0.25, -0.2) is 4.98 Å². The normalized spacial score (nSPS) is 11.1. The van der Waals surface area contributed by atoms with E-state index in [2.05, 4.69) is 10.1 Å². The molecule has 0 N–H and O–H groups in total. The summed E-state index contributed by atoms with van der Waals surface area (Å²) < 4.78 is 16.9. The van der Waals surface area contributed by atoms with E-state index < -0.39 is 0 Å². The zero-order chi connectivity index (χ0) is 22.6. The maximum atomic E-state index is 6.24. The highest BCUT2D eigenvalue weighted by molar-refractivity contribution is 6.55. The van der Waals surface area contributed by atoms with Crippen LogP contribution in [-0.2, 0) is 4.84 Å². The molecule has 1 aromatic carbocycles. The molecule has 0 aliphatic heterocycles. The van der Waals surface area contributed by atoms with E-state index in [1.807, 2.05) is 19.9 Å². The number of aromatic nitrogens is 1. The summed E-state index contributed by atoms with van der Waals surface area (Å²) in [7, 11) is 0. The standard InChI is InChI=1S/C21H22Cl4N2O4/c1-3-31-27-14(2)15-5-6-20(26-13-15)29-8-4-9-30-21-17(22)11-16(12-18(21)23)28-10-7-19(24)25/h5-7,11-13H,3-4,8-10H2,1-2H3/b27-14-. The second-order valence-corrected chi connectivity index (χ2v) is 7.87. The lowest BCUT2D eigenvalue weighted by Gasteiger charge is -2.12. The van der Waals surface area contributed by atoms with E-state index in [0.29, 0.717) is 53.7 Å². The van der Waals surface area contributed by atoms with Crippen LogP contribution in [0.3, 0.4) is 0 Å². The van der Waals surface area contributed by atoms with Crippen molar-refractivity contribution in [1.29, 1.82) is 0 Å². The van der Waals surface area contributed by atoms with Gasteiger partial charge in [-0.15, -0.1) is 0 Å². The van der Waals surface area contributed by atoms with Gasteiger partial charge in [-0.1, -0.05) is 51.6 Å². The molecule has 10 heteroatoms. The van der Waals surface area contributed by atoms with E-state index in [4.69, 9.17) is 65.5 Å². The molecular weight excluding hydrogens is 486 g/mol. The van der Waals surface area contributed by atoms with Crippen LogP contribution in [0.25, 0.3) is 0 Å². The average molecular weight is 508 g/mol. The van der Waals surface area contributed by atoms with Crippen molar-refractivity contribution in [3.05, 3.63) is 56.6 Å². The highest BCUT2D eigenvalue weighted by atomic mass is 35.5. The predicted molar refractivity (Wildman–Crippen MR) is 125 cm³/mol. The van der Waals surface area contributed by atoms with E-state index >= 15 is 0 Å². The highest BCUT2D eigenvalue weighted by Gasteiger charge is 2.11. The quantitative estimate of drug-likeness (QED) is 0.182. The first-order valence-electron chi connectivity index (χ1n) is 9.42. The first-order chi connectivity index (χ1) is 14.9. The zero-order valence-electron chi connectivity index (χ0n) is 17.0. The molecular formula is C21H22Cl4N2O4. The van der Waals surface area contributed by atoms with Crippen LogP contribution in [0.1, 0.15) is 25.8 Å². The zero-order valence-corrected chi connectivity index (χ0v) is 20.1. The number of hydrogen-bond acceptors (Lipinski definition) is 6. The summed E-state index contributed by atoms with van der Waals surface area (Å²) in [4.78, 5) is 9.30. The van der Waals surface area contributed by atoms with Gasteiger partial charge in [-0.2, -0.15) is 0 Å².